The molecule has 3 nitrogen and oxygen atoms in total. The first kappa shape index (κ1) is 29.4. The highest BCUT2D eigenvalue weighted by Crippen LogP contribution is 2.43. The van der Waals surface area contributed by atoms with Crippen LogP contribution in [0.4, 0.5) is 0 Å². The average molecular weight is 668 g/mol. The van der Waals surface area contributed by atoms with E-state index < -0.39 is 0 Å². The highest BCUT2D eigenvalue weighted by atomic mass is 32.1. The van der Waals surface area contributed by atoms with Gasteiger partial charge >= 0.3 is 0 Å². The van der Waals surface area contributed by atoms with Gasteiger partial charge in [-0.15, -0.1) is 11.3 Å². The molecule has 3 aromatic heterocycles. The zero-order valence-corrected chi connectivity index (χ0v) is 28.3. The number of hydrogen-bond donors (Lipinski definition) is 0. The molecule has 7 aromatic carbocycles. The molecule has 0 aliphatic rings. The Labute approximate surface area is 299 Å². The topological polar surface area (TPSA) is 38.7 Å². The largest absolute Gasteiger partial charge is 0.255 e. The number of nitrogens with zero attached hydrogens (tertiary/aromatic N) is 3. The normalized spacial score (nSPS) is 11.5. The van der Waals surface area contributed by atoms with Gasteiger partial charge in [0.05, 0.1) is 21.6 Å². The fourth-order valence-electron chi connectivity index (χ4n) is 7.28. The summed E-state index contributed by atoms with van der Waals surface area (Å²) in [6, 6.07) is 60.1. The monoisotopic (exact) mass is 667 g/mol. The lowest BCUT2D eigenvalue weighted by molar-refractivity contribution is 1.18. The number of benzene rings is 7. The molecule has 0 spiro atoms. The Morgan fingerprint density at radius 2 is 0.961 bits per heavy atom. The first-order chi connectivity index (χ1) is 25.3. The molecule has 0 saturated carbocycles. The summed E-state index contributed by atoms with van der Waals surface area (Å²) in [6.07, 6.45) is 1.94. The molecule has 0 bridgehead atoms. The number of rotatable bonds is 5. The van der Waals surface area contributed by atoms with E-state index in [1.54, 1.807) is 11.3 Å². The SMILES string of the molecule is c1ccc(-c2cc(-c3ccccc3)nc(-c3cc(-c4cc5ccccc5c5ccccc45)cc(-c4ccnc5c4sc4ccccc45)c3)n2)cc1. The Balaban J connectivity index is 1.28. The maximum Gasteiger partial charge on any atom is 0.160 e. The fourth-order valence-corrected chi connectivity index (χ4v) is 8.48. The number of aromatic nitrogens is 3. The van der Waals surface area contributed by atoms with Crippen molar-refractivity contribution in [3.05, 3.63) is 176 Å². The number of pyridine rings is 1. The second-order valence-electron chi connectivity index (χ2n) is 12.8. The van der Waals surface area contributed by atoms with Crippen molar-refractivity contribution in [2.45, 2.75) is 0 Å². The van der Waals surface area contributed by atoms with Gasteiger partial charge in [-0.2, -0.15) is 0 Å². The van der Waals surface area contributed by atoms with E-state index in [1.165, 1.54) is 41.9 Å². The summed E-state index contributed by atoms with van der Waals surface area (Å²) in [5, 5.41) is 6.10. The van der Waals surface area contributed by atoms with E-state index in [9.17, 15) is 0 Å². The van der Waals surface area contributed by atoms with E-state index in [0.717, 1.165) is 50.3 Å². The van der Waals surface area contributed by atoms with Gasteiger partial charge in [-0.25, -0.2) is 9.97 Å². The van der Waals surface area contributed by atoms with Gasteiger partial charge in [0.15, 0.2) is 5.82 Å². The second-order valence-corrected chi connectivity index (χ2v) is 13.9. The van der Waals surface area contributed by atoms with Gasteiger partial charge in [-0.05, 0) is 80.7 Å². The van der Waals surface area contributed by atoms with E-state index in [0.29, 0.717) is 5.82 Å². The molecule has 0 amide bonds. The van der Waals surface area contributed by atoms with Gasteiger partial charge in [0, 0.05) is 38.5 Å². The first-order valence-corrected chi connectivity index (χ1v) is 17.9. The molecule has 4 heteroatoms. The molecule has 0 atom stereocenters. The van der Waals surface area contributed by atoms with E-state index in [4.69, 9.17) is 15.0 Å². The Hall–Kier alpha value is -6.49. The van der Waals surface area contributed by atoms with Crippen LogP contribution in [0.2, 0.25) is 0 Å². The number of thiophene rings is 1. The molecule has 10 aromatic rings. The van der Waals surface area contributed by atoms with Gasteiger partial charge < -0.3 is 0 Å². The summed E-state index contributed by atoms with van der Waals surface area (Å²) in [6.45, 7) is 0. The lowest BCUT2D eigenvalue weighted by Crippen LogP contribution is -1.97. The van der Waals surface area contributed by atoms with Crippen molar-refractivity contribution in [2.24, 2.45) is 0 Å². The average Bonchev–Trinajstić information content (AvgIpc) is 3.60. The zero-order valence-electron chi connectivity index (χ0n) is 27.5. The van der Waals surface area contributed by atoms with Crippen molar-refractivity contribution >= 4 is 53.2 Å². The smallest absolute Gasteiger partial charge is 0.160 e. The van der Waals surface area contributed by atoms with Crippen LogP contribution in [0, 0.1) is 0 Å². The molecule has 0 N–H and O–H groups in total. The third-order valence-corrected chi connectivity index (χ3v) is 10.9. The third-order valence-electron chi connectivity index (χ3n) is 9.71. The molecule has 0 aliphatic heterocycles. The molecule has 51 heavy (non-hydrogen) atoms. The first-order valence-electron chi connectivity index (χ1n) is 17.1. The summed E-state index contributed by atoms with van der Waals surface area (Å²) in [5.41, 5.74) is 10.4. The molecule has 0 saturated heterocycles. The predicted octanol–water partition coefficient (Wildman–Crippen LogP) is 12.9. The lowest BCUT2D eigenvalue weighted by Gasteiger charge is -2.15. The van der Waals surface area contributed by atoms with Gasteiger partial charge in [0.25, 0.3) is 0 Å². The molecule has 0 aliphatic carbocycles. The molecule has 3 heterocycles. The van der Waals surface area contributed by atoms with Crippen LogP contribution in [0.25, 0.3) is 98.0 Å². The van der Waals surface area contributed by atoms with Crippen LogP contribution in [0.3, 0.4) is 0 Å². The van der Waals surface area contributed by atoms with Gasteiger partial charge in [0.2, 0.25) is 0 Å². The zero-order chi connectivity index (χ0) is 33.7. The quantitative estimate of drug-likeness (QED) is 0.171. The maximum absolute atomic E-state index is 5.26. The summed E-state index contributed by atoms with van der Waals surface area (Å²) in [4.78, 5) is 15.4. The summed E-state index contributed by atoms with van der Waals surface area (Å²) >= 11 is 1.80. The number of fused-ring (bicyclic) bond motifs is 6. The van der Waals surface area contributed by atoms with Crippen molar-refractivity contribution in [1.29, 1.82) is 0 Å². The van der Waals surface area contributed by atoms with E-state index >= 15 is 0 Å². The Morgan fingerprint density at radius 1 is 0.392 bits per heavy atom. The minimum Gasteiger partial charge on any atom is -0.255 e. The summed E-state index contributed by atoms with van der Waals surface area (Å²) in [7, 11) is 0. The van der Waals surface area contributed by atoms with Crippen LogP contribution in [0.1, 0.15) is 0 Å². The van der Waals surface area contributed by atoms with Crippen LogP contribution in [0.5, 0.6) is 0 Å². The van der Waals surface area contributed by atoms with E-state index in [1.807, 2.05) is 18.3 Å². The molecule has 0 fully saturated rings. The van der Waals surface area contributed by atoms with Crippen molar-refractivity contribution in [2.75, 3.05) is 0 Å². The maximum atomic E-state index is 5.26. The molecule has 10 rings (SSSR count). The second kappa shape index (κ2) is 12.1. The Bertz CT molecular complexity index is 2860. The third kappa shape index (κ3) is 5.16. The highest BCUT2D eigenvalue weighted by molar-refractivity contribution is 7.26. The van der Waals surface area contributed by atoms with E-state index in [2.05, 4.69) is 158 Å². The standard InChI is InChI=1S/C47H29N3S/c1-3-13-30(14-4-1)42-29-43(31-15-5-2-6-16-31)50-47(49-42)35-26-33(37-23-24-48-45-40-21-11-12-22-44(40)51-46(37)45)25-34(27-35)41-28-32-17-7-8-18-36(32)38-19-9-10-20-39(38)41/h1-29H. The van der Waals surface area contributed by atoms with Gasteiger partial charge in [-0.3, -0.25) is 4.98 Å². The van der Waals surface area contributed by atoms with Gasteiger partial charge in [0.1, 0.15) is 0 Å². The van der Waals surface area contributed by atoms with Crippen molar-refractivity contribution < 1.29 is 0 Å². The Kier molecular flexibility index (Phi) is 7.00. The molecular weight excluding hydrogens is 639 g/mol. The molecule has 0 unspecified atom stereocenters. The van der Waals surface area contributed by atoms with Crippen LogP contribution >= 0.6 is 11.3 Å². The van der Waals surface area contributed by atoms with Crippen molar-refractivity contribution in [3.8, 4) is 56.2 Å². The highest BCUT2D eigenvalue weighted by Gasteiger charge is 2.18. The number of hydrogen-bond acceptors (Lipinski definition) is 4. The predicted molar refractivity (Wildman–Crippen MR) is 215 cm³/mol. The molecule has 238 valence electrons. The summed E-state index contributed by atoms with van der Waals surface area (Å²) < 4.78 is 2.41. The van der Waals surface area contributed by atoms with E-state index in [-0.39, 0.29) is 0 Å². The minimum absolute atomic E-state index is 0.685. The fraction of sp³-hybridized carbons (Fsp3) is 0. The molecule has 0 radical (unpaired) electrons. The van der Waals surface area contributed by atoms with Crippen LogP contribution < -0.4 is 0 Å². The van der Waals surface area contributed by atoms with Crippen LogP contribution in [-0.2, 0) is 0 Å². The van der Waals surface area contributed by atoms with Gasteiger partial charge in [-0.1, -0.05) is 127 Å². The summed E-state index contributed by atoms with van der Waals surface area (Å²) in [5.74, 6) is 0.685. The minimum atomic E-state index is 0.685. The molecular formula is C47H29N3S. The lowest BCUT2D eigenvalue weighted by atomic mass is 9.90. The Morgan fingerprint density at radius 3 is 1.69 bits per heavy atom. The van der Waals surface area contributed by atoms with Crippen molar-refractivity contribution in [1.82, 2.24) is 15.0 Å². The van der Waals surface area contributed by atoms with Crippen LogP contribution in [0.15, 0.2) is 176 Å². The van der Waals surface area contributed by atoms with Crippen molar-refractivity contribution in [3.63, 3.8) is 0 Å². The van der Waals surface area contributed by atoms with Crippen LogP contribution in [-0.4, -0.2) is 15.0 Å².